The van der Waals surface area contributed by atoms with Crippen molar-refractivity contribution >= 4 is 21.8 Å². The van der Waals surface area contributed by atoms with Crippen molar-refractivity contribution in [3.8, 4) is 0 Å². The maximum Gasteiger partial charge on any atom is 0.205 e. The van der Waals surface area contributed by atoms with Crippen LogP contribution in [-0.2, 0) is 20.0 Å². The van der Waals surface area contributed by atoms with Gasteiger partial charge in [0.2, 0.25) is 5.69 Å². The lowest BCUT2D eigenvalue weighted by molar-refractivity contribution is -0.708. The van der Waals surface area contributed by atoms with E-state index in [1.54, 1.807) is 0 Å². The number of benzene rings is 1. The number of fused-ring (bicyclic) bond motifs is 5. The molecule has 0 radical (unpaired) electrons. The number of nitrogens with zero attached hydrogens (tertiary/aromatic N) is 2. The second-order valence-corrected chi connectivity index (χ2v) is 5.25. The number of rotatable bonds is 0. The van der Waals surface area contributed by atoms with Crippen LogP contribution in [0.25, 0.3) is 21.8 Å². The number of aromatic nitrogens is 2. The summed E-state index contributed by atoms with van der Waals surface area (Å²) in [6.45, 7) is 1.17. The third-order valence-electron chi connectivity index (χ3n) is 4.25. The Bertz CT molecular complexity index is 752. The minimum absolute atomic E-state index is 1.17. The second-order valence-electron chi connectivity index (χ2n) is 5.25. The molecule has 1 aliphatic heterocycles. The van der Waals surface area contributed by atoms with Crippen LogP contribution in [-0.4, -0.2) is 4.57 Å². The van der Waals surface area contributed by atoms with Crippen molar-refractivity contribution in [2.45, 2.75) is 25.8 Å². The fraction of sp³-hybridized carbons (Fsp3) is 0.312. The Balaban J connectivity index is 2.22. The lowest BCUT2D eigenvalue weighted by atomic mass is 10.1. The van der Waals surface area contributed by atoms with Gasteiger partial charge in [-0.3, -0.25) is 0 Å². The highest BCUT2D eigenvalue weighted by molar-refractivity contribution is 6.08. The summed E-state index contributed by atoms with van der Waals surface area (Å²) in [6, 6.07) is 11.0. The van der Waals surface area contributed by atoms with Crippen LogP contribution < -0.4 is 4.57 Å². The molecule has 0 fully saturated rings. The first-order valence-corrected chi connectivity index (χ1v) is 6.75. The molecule has 0 atom stereocenters. The Hall–Kier alpha value is -1.83. The molecule has 3 aromatic rings. The molecule has 0 aliphatic carbocycles. The van der Waals surface area contributed by atoms with Gasteiger partial charge in [0, 0.05) is 42.2 Å². The molecule has 0 amide bonds. The smallest absolute Gasteiger partial charge is 0.205 e. The van der Waals surface area contributed by atoms with Crippen molar-refractivity contribution in [1.82, 2.24) is 4.57 Å². The van der Waals surface area contributed by atoms with Gasteiger partial charge in [-0.1, -0.05) is 18.2 Å². The van der Waals surface area contributed by atoms with E-state index >= 15 is 0 Å². The largest absolute Gasteiger partial charge is 0.338 e. The first kappa shape index (κ1) is 10.1. The van der Waals surface area contributed by atoms with Crippen LogP contribution in [0.15, 0.2) is 36.5 Å². The van der Waals surface area contributed by atoms with Gasteiger partial charge in [0.15, 0.2) is 6.20 Å². The molecule has 2 aromatic heterocycles. The number of pyridine rings is 1. The van der Waals surface area contributed by atoms with Gasteiger partial charge in [0.1, 0.15) is 12.1 Å². The standard InChI is InChI=1S/C16H17N2/c1-17-14-7-3-2-6-12(14)13-9-11-18-10-5-4-8-15(18)16(13)17/h2-3,6-7,9,11H,4-5,8,10H2,1H3/q+1. The first-order chi connectivity index (χ1) is 8.86. The fourth-order valence-electron chi connectivity index (χ4n) is 3.38. The molecule has 0 saturated heterocycles. The summed E-state index contributed by atoms with van der Waals surface area (Å²) in [7, 11) is 2.19. The van der Waals surface area contributed by atoms with E-state index in [1.807, 2.05) is 0 Å². The van der Waals surface area contributed by atoms with E-state index in [-0.39, 0.29) is 0 Å². The summed E-state index contributed by atoms with van der Waals surface area (Å²) in [5.41, 5.74) is 4.28. The summed E-state index contributed by atoms with van der Waals surface area (Å²) in [5, 5.41) is 2.78. The van der Waals surface area contributed by atoms with E-state index in [4.69, 9.17) is 0 Å². The molecule has 1 aromatic carbocycles. The van der Waals surface area contributed by atoms with Gasteiger partial charge in [-0.15, -0.1) is 0 Å². The van der Waals surface area contributed by atoms with E-state index in [0.29, 0.717) is 0 Å². The molecule has 3 heterocycles. The van der Waals surface area contributed by atoms with Crippen LogP contribution >= 0.6 is 0 Å². The second kappa shape index (κ2) is 3.58. The Labute approximate surface area is 106 Å². The molecular weight excluding hydrogens is 220 g/mol. The topological polar surface area (TPSA) is 8.81 Å². The zero-order valence-corrected chi connectivity index (χ0v) is 10.7. The summed E-state index contributed by atoms with van der Waals surface area (Å²) < 4.78 is 4.80. The van der Waals surface area contributed by atoms with Gasteiger partial charge in [0.05, 0.1) is 0 Å². The fourth-order valence-corrected chi connectivity index (χ4v) is 3.38. The lowest BCUT2D eigenvalue weighted by Gasteiger charge is -2.11. The summed E-state index contributed by atoms with van der Waals surface area (Å²) in [5.74, 6) is 0. The molecule has 1 aliphatic rings. The average molecular weight is 237 g/mol. The minimum Gasteiger partial charge on any atom is -0.338 e. The molecule has 2 heteroatoms. The van der Waals surface area contributed by atoms with Gasteiger partial charge in [0.25, 0.3) is 0 Å². The van der Waals surface area contributed by atoms with Crippen LogP contribution in [0.3, 0.4) is 0 Å². The van der Waals surface area contributed by atoms with Crippen molar-refractivity contribution in [2.24, 2.45) is 7.05 Å². The molecule has 18 heavy (non-hydrogen) atoms. The van der Waals surface area contributed by atoms with Crippen molar-refractivity contribution in [3.63, 3.8) is 0 Å². The Morgan fingerprint density at radius 1 is 1.06 bits per heavy atom. The van der Waals surface area contributed by atoms with Crippen molar-refractivity contribution in [2.75, 3.05) is 0 Å². The molecule has 90 valence electrons. The van der Waals surface area contributed by atoms with E-state index in [0.717, 1.165) is 0 Å². The van der Waals surface area contributed by atoms with Crippen LogP contribution in [0.2, 0.25) is 0 Å². The Kier molecular flexibility index (Phi) is 2.01. The summed E-state index contributed by atoms with van der Waals surface area (Å²) >= 11 is 0. The Morgan fingerprint density at radius 2 is 1.94 bits per heavy atom. The molecule has 2 nitrogen and oxygen atoms in total. The van der Waals surface area contributed by atoms with Gasteiger partial charge in [-0.05, 0) is 12.5 Å². The SMILES string of the molecule is Cn1c2ccccc2c2cc[n+]3c(c21)CCCC3. The van der Waals surface area contributed by atoms with E-state index in [1.165, 1.54) is 53.3 Å². The monoisotopic (exact) mass is 237 g/mol. The molecule has 0 unspecified atom stereocenters. The predicted octanol–water partition coefficient (Wildman–Crippen LogP) is 2.96. The Morgan fingerprint density at radius 3 is 2.89 bits per heavy atom. The maximum atomic E-state index is 2.44. The van der Waals surface area contributed by atoms with Gasteiger partial charge >= 0.3 is 0 Å². The number of hydrogen-bond donors (Lipinski definition) is 0. The minimum atomic E-state index is 1.17. The van der Waals surface area contributed by atoms with Gasteiger partial charge in [-0.25, -0.2) is 4.57 Å². The molecular formula is C16H17N2+. The van der Waals surface area contributed by atoms with Gasteiger partial charge in [-0.2, -0.15) is 0 Å². The number of para-hydroxylation sites is 1. The third-order valence-corrected chi connectivity index (χ3v) is 4.25. The highest BCUT2D eigenvalue weighted by Crippen LogP contribution is 2.30. The predicted molar refractivity (Wildman–Crippen MR) is 73.6 cm³/mol. The normalized spacial score (nSPS) is 15.2. The molecule has 0 spiro atoms. The quantitative estimate of drug-likeness (QED) is 0.532. The van der Waals surface area contributed by atoms with Crippen LogP contribution in [0.1, 0.15) is 18.5 Å². The zero-order chi connectivity index (χ0) is 12.1. The van der Waals surface area contributed by atoms with Crippen LogP contribution in [0, 0.1) is 0 Å². The molecule has 0 N–H and O–H groups in total. The third kappa shape index (κ3) is 1.20. The summed E-state index contributed by atoms with van der Waals surface area (Å²) in [4.78, 5) is 0. The van der Waals surface area contributed by atoms with Crippen molar-refractivity contribution in [1.29, 1.82) is 0 Å². The average Bonchev–Trinajstić information content (AvgIpc) is 2.73. The summed E-state index contributed by atoms with van der Waals surface area (Å²) in [6.07, 6.45) is 6.11. The van der Waals surface area contributed by atoms with Crippen molar-refractivity contribution < 1.29 is 4.57 Å². The number of aryl methyl sites for hydroxylation is 3. The van der Waals surface area contributed by atoms with Crippen LogP contribution in [0.4, 0.5) is 0 Å². The van der Waals surface area contributed by atoms with Gasteiger partial charge < -0.3 is 4.57 Å². The van der Waals surface area contributed by atoms with Crippen LogP contribution in [0.5, 0.6) is 0 Å². The maximum absolute atomic E-state index is 2.44. The number of hydrogen-bond acceptors (Lipinski definition) is 0. The van der Waals surface area contributed by atoms with E-state index in [9.17, 15) is 0 Å². The first-order valence-electron chi connectivity index (χ1n) is 6.75. The van der Waals surface area contributed by atoms with Crippen molar-refractivity contribution in [3.05, 3.63) is 42.2 Å². The lowest BCUT2D eigenvalue weighted by Crippen LogP contribution is -2.41. The van der Waals surface area contributed by atoms with E-state index in [2.05, 4.69) is 52.7 Å². The van der Waals surface area contributed by atoms with E-state index < -0.39 is 0 Å². The molecule has 0 saturated carbocycles. The highest BCUT2D eigenvalue weighted by Gasteiger charge is 2.23. The molecule has 4 rings (SSSR count). The zero-order valence-electron chi connectivity index (χ0n) is 10.7. The molecule has 0 bridgehead atoms. The highest BCUT2D eigenvalue weighted by atomic mass is 15.0.